The Morgan fingerprint density at radius 1 is 1.00 bits per heavy atom. The molecular formula is C18H15ClN4O2. The van der Waals surface area contributed by atoms with Crippen molar-refractivity contribution < 1.29 is 9.59 Å². The van der Waals surface area contributed by atoms with Crippen molar-refractivity contribution in [2.75, 3.05) is 4.90 Å². The van der Waals surface area contributed by atoms with Gasteiger partial charge in [-0.15, -0.1) is 0 Å². The molecule has 2 aromatic carbocycles. The molecule has 2 aliphatic rings. The SMILES string of the molecule is O=C1C2NN(Cc3cccc(Cl)c3)C(=O)N2C=CN1c1ccccc1. The lowest BCUT2D eigenvalue weighted by Gasteiger charge is -2.29. The molecule has 0 bridgehead atoms. The number of nitrogens with zero attached hydrogens (tertiary/aromatic N) is 3. The summed E-state index contributed by atoms with van der Waals surface area (Å²) in [4.78, 5) is 28.3. The zero-order valence-electron chi connectivity index (χ0n) is 13.2. The van der Waals surface area contributed by atoms with Crippen molar-refractivity contribution in [2.45, 2.75) is 12.7 Å². The number of amides is 3. The highest BCUT2D eigenvalue weighted by molar-refractivity contribution is 6.30. The van der Waals surface area contributed by atoms with Crippen molar-refractivity contribution in [1.29, 1.82) is 0 Å². The molecule has 0 saturated carbocycles. The van der Waals surface area contributed by atoms with Crippen LogP contribution in [-0.4, -0.2) is 28.0 Å². The number of nitrogens with one attached hydrogen (secondary N) is 1. The van der Waals surface area contributed by atoms with Crippen molar-refractivity contribution in [3.05, 3.63) is 77.6 Å². The molecular weight excluding hydrogens is 340 g/mol. The second kappa shape index (κ2) is 6.23. The predicted molar refractivity (Wildman–Crippen MR) is 94.2 cm³/mol. The van der Waals surface area contributed by atoms with E-state index in [1.54, 1.807) is 24.5 Å². The van der Waals surface area contributed by atoms with Crippen LogP contribution >= 0.6 is 11.6 Å². The molecule has 3 amide bonds. The van der Waals surface area contributed by atoms with E-state index in [4.69, 9.17) is 11.6 Å². The zero-order valence-corrected chi connectivity index (χ0v) is 13.9. The summed E-state index contributed by atoms with van der Waals surface area (Å²) in [5.41, 5.74) is 4.62. The Hall–Kier alpha value is -2.83. The molecule has 2 heterocycles. The van der Waals surface area contributed by atoms with Gasteiger partial charge in [0.05, 0.1) is 6.54 Å². The Morgan fingerprint density at radius 2 is 1.80 bits per heavy atom. The van der Waals surface area contributed by atoms with Gasteiger partial charge >= 0.3 is 6.03 Å². The number of anilines is 1. The van der Waals surface area contributed by atoms with Crippen LogP contribution in [0.15, 0.2) is 67.0 Å². The van der Waals surface area contributed by atoms with Crippen LogP contribution in [-0.2, 0) is 11.3 Å². The predicted octanol–water partition coefficient (Wildman–Crippen LogP) is 2.93. The molecule has 2 aliphatic heterocycles. The minimum absolute atomic E-state index is 0.212. The number of carbonyl (C=O) groups excluding carboxylic acids is 2. The summed E-state index contributed by atoms with van der Waals surface area (Å²) in [5.74, 6) is -0.212. The first kappa shape index (κ1) is 15.7. The van der Waals surface area contributed by atoms with Gasteiger partial charge in [-0.1, -0.05) is 41.9 Å². The standard InChI is InChI=1S/C18H15ClN4O2/c19-14-6-4-5-13(11-14)12-23-18(25)22-10-9-21(17(24)16(22)20-23)15-7-2-1-3-8-15/h1-11,16,20H,12H2. The van der Waals surface area contributed by atoms with Gasteiger partial charge in [0.25, 0.3) is 5.91 Å². The second-order valence-corrected chi connectivity index (χ2v) is 6.22. The summed E-state index contributed by atoms with van der Waals surface area (Å²) < 4.78 is 0. The molecule has 4 rings (SSSR count). The number of fused-ring (bicyclic) bond motifs is 1. The molecule has 126 valence electrons. The molecule has 25 heavy (non-hydrogen) atoms. The minimum atomic E-state index is -0.753. The fourth-order valence-electron chi connectivity index (χ4n) is 2.92. The fourth-order valence-corrected chi connectivity index (χ4v) is 3.13. The van der Waals surface area contributed by atoms with E-state index in [-0.39, 0.29) is 11.9 Å². The van der Waals surface area contributed by atoms with Gasteiger partial charge in [0.2, 0.25) is 0 Å². The third kappa shape index (κ3) is 2.86. The lowest BCUT2D eigenvalue weighted by molar-refractivity contribution is -0.122. The third-order valence-electron chi connectivity index (χ3n) is 4.12. The van der Waals surface area contributed by atoms with E-state index in [0.717, 1.165) is 11.3 Å². The van der Waals surface area contributed by atoms with Crippen molar-refractivity contribution in [2.24, 2.45) is 0 Å². The van der Waals surface area contributed by atoms with Crippen LogP contribution in [0.2, 0.25) is 5.02 Å². The third-order valence-corrected chi connectivity index (χ3v) is 4.35. The monoisotopic (exact) mass is 354 g/mol. The van der Waals surface area contributed by atoms with Gasteiger partial charge in [-0.3, -0.25) is 19.6 Å². The minimum Gasteiger partial charge on any atom is -0.283 e. The molecule has 1 unspecified atom stereocenters. The van der Waals surface area contributed by atoms with Gasteiger partial charge in [0, 0.05) is 23.1 Å². The maximum absolute atomic E-state index is 12.8. The molecule has 0 aromatic heterocycles. The summed E-state index contributed by atoms with van der Waals surface area (Å²) >= 11 is 5.99. The van der Waals surface area contributed by atoms with Gasteiger partial charge in [0.15, 0.2) is 6.17 Å². The van der Waals surface area contributed by atoms with Crippen LogP contribution in [0, 0.1) is 0 Å². The summed E-state index contributed by atoms with van der Waals surface area (Å²) in [5, 5.41) is 2.03. The maximum atomic E-state index is 12.8. The molecule has 1 fully saturated rings. The van der Waals surface area contributed by atoms with Crippen LogP contribution < -0.4 is 10.3 Å². The first-order chi connectivity index (χ1) is 12.1. The molecule has 0 aliphatic carbocycles. The number of para-hydroxylation sites is 1. The Balaban J connectivity index is 1.55. The van der Waals surface area contributed by atoms with E-state index < -0.39 is 6.17 Å². The molecule has 2 aromatic rings. The molecule has 0 radical (unpaired) electrons. The van der Waals surface area contributed by atoms with E-state index in [9.17, 15) is 9.59 Å². The van der Waals surface area contributed by atoms with Gasteiger partial charge < -0.3 is 0 Å². The van der Waals surface area contributed by atoms with Crippen LogP contribution in [0.3, 0.4) is 0 Å². The fraction of sp³-hybridized carbons (Fsp3) is 0.111. The number of urea groups is 1. The van der Waals surface area contributed by atoms with Crippen LogP contribution in [0.5, 0.6) is 0 Å². The van der Waals surface area contributed by atoms with E-state index >= 15 is 0 Å². The highest BCUT2D eigenvalue weighted by atomic mass is 35.5. The maximum Gasteiger partial charge on any atom is 0.340 e. The zero-order chi connectivity index (χ0) is 17.4. The van der Waals surface area contributed by atoms with Gasteiger partial charge in [-0.25, -0.2) is 4.79 Å². The van der Waals surface area contributed by atoms with Crippen molar-refractivity contribution in [1.82, 2.24) is 15.3 Å². The summed E-state index contributed by atoms with van der Waals surface area (Å²) in [7, 11) is 0. The molecule has 1 saturated heterocycles. The average Bonchev–Trinajstić information content (AvgIpc) is 2.93. The molecule has 7 heteroatoms. The number of benzene rings is 2. The van der Waals surface area contributed by atoms with E-state index in [2.05, 4.69) is 5.43 Å². The van der Waals surface area contributed by atoms with Crippen molar-refractivity contribution in [3.63, 3.8) is 0 Å². The summed E-state index contributed by atoms with van der Waals surface area (Å²) in [6, 6.07) is 16.3. The average molecular weight is 355 g/mol. The lowest BCUT2D eigenvalue weighted by atomic mass is 10.2. The highest BCUT2D eigenvalue weighted by Gasteiger charge is 2.44. The highest BCUT2D eigenvalue weighted by Crippen LogP contribution is 2.25. The lowest BCUT2D eigenvalue weighted by Crippen LogP contribution is -2.51. The van der Waals surface area contributed by atoms with E-state index in [0.29, 0.717) is 11.6 Å². The first-order valence-corrected chi connectivity index (χ1v) is 8.18. The molecule has 0 spiro atoms. The quantitative estimate of drug-likeness (QED) is 0.922. The normalized spacial score (nSPS) is 19.6. The van der Waals surface area contributed by atoms with Crippen LogP contribution in [0.4, 0.5) is 10.5 Å². The smallest absolute Gasteiger partial charge is 0.283 e. The first-order valence-electron chi connectivity index (χ1n) is 7.80. The Bertz CT molecular complexity index is 855. The molecule has 1 atom stereocenters. The molecule has 6 nitrogen and oxygen atoms in total. The van der Waals surface area contributed by atoms with E-state index in [1.165, 1.54) is 14.8 Å². The summed E-state index contributed by atoms with van der Waals surface area (Å²) in [6.07, 6.45) is 2.47. The van der Waals surface area contributed by atoms with Gasteiger partial charge in [-0.2, -0.15) is 5.43 Å². The number of hydrogen-bond acceptors (Lipinski definition) is 3. The Labute approximate surface area is 149 Å². The summed E-state index contributed by atoms with van der Waals surface area (Å²) in [6.45, 7) is 0.318. The number of rotatable bonds is 3. The number of carbonyl (C=O) groups is 2. The number of hydrogen-bond donors (Lipinski definition) is 1. The van der Waals surface area contributed by atoms with Crippen LogP contribution in [0.25, 0.3) is 0 Å². The largest absolute Gasteiger partial charge is 0.340 e. The topological polar surface area (TPSA) is 55.9 Å². The van der Waals surface area contributed by atoms with Crippen molar-refractivity contribution >= 4 is 29.2 Å². The van der Waals surface area contributed by atoms with Gasteiger partial charge in [0.1, 0.15) is 0 Å². The molecule has 1 N–H and O–H groups in total. The number of hydrazine groups is 1. The Morgan fingerprint density at radius 3 is 2.56 bits per heavy atom. The van der Waals surface area contributed by atoms with E-state index in [1.807, 2.05) is 42.5 Å². The number of halogens is 1. The second-order valence-electron chi connectivity index (χ2n) is 5.78. The van der Waals surface area contributed by atoms with Crippen LogP contribution in [0.1, 0.15) is 5.56 Å². The Kier molecular flexibility index (Phi) is 3.91. The van der Waals surface area contributed by atoms with Crippen molar-refractivity contribution in [3.8, 4) is 0 Å². The van der Waals surface area contributed by atoms with Gasteiger partial charge in [-0.05, 0) is 29.8 Å².